The fourth-order valence-corrected chi connectivity index (χ4v) is 3.12. The molecule has 0 bridgehead atoms. The van der Waals surface area contributed by atoms with Crippen LogP contribution in [0.4, 0.5) is 0 Å². The molecule has 0 saturated carbocycles. The molecule has 0 radical (unpaired) electrons. The van der Waals surface area contributed by atoms with Gasteiger partial charge >= 0.3 is 0 Å². The molecular formula is C19H22O2. The Kier molecular flexibility index (Phi) is 3.73. The molecule has 1 atom stereocenters. The highest BCUT2D eigenvalue weighted by Gasteiger charge is 2.24. The number of phenols is 1. The molecule has 21 heavy (non-hydrogen) atoms. The van der Waals surface area contributed by atoms with E-state index in [-0.39, 0.29) is 6.10 Å². The average Bonchev–Trinajstić information content (AvgIpc) is 2.46. The SMILES string of the molecule is Cc1cc(O)c(C(C)C)cc1[C@H]1OCCc2ccccc21. The van der Waals surface area contributed by atoms with Gasteiger partial charge in [-0.2, -0.15) is 0 Å². The van der Waals surface area contributed by atoms with Crippen molar-refractivity contribution in [3.05, 3.63) is 64.2 Å². The number of ether oxygens (including phenoxy) is 1. The van der Waals surface area contributed by atoms with Gasteiger partial charge < -0.3 is 9.84 Å². The van der Waals surface area contributed by atoms with E-state index in [9.17, 15) is 5.11 Å². The van der Waals surface area contributed by atoms with E-state index < -0.39 is 0 Å². The minimum absolute atomic E-state index is 0.0203. The maximum atomic E-state index is 10.1. The van der Waals surface area contributed by atoms with E-state index in [1.165, 1.54) is 16.7 Å². The number of aromatic hydroxyl groups is 1. The molecule has 1 heterocycles. The smallest absolute Gasteiger partial charge is 0.119 e. The van der Waals surface area contributed by atoms with Crippen molar-refractivity contribution in [2.75, 3.05) is 6.61 Å². The standard InChI is InChI=1S/C19H22O2/c1-12(2)16-11-17(13(3)10-18(16)20)19-15-7-5-4-6-14(15)8-9-21-19/h4-7,10-12,19-20H,8-9H2,1-3H3/t19-/m0/s1. The Morgan fingerprint density at radius 1 is 1.14 bits per heavy atom. The van der Waals surface area contributed by atoms with E-state index in [1.54, 1.807) is 0 Å². The first-order valence-electron chi connectivity index (χ1n) is 7.60. The van der Waals surface area contributed by atoms with Gasteiger partial charge in [0.25, 0.3) is 0 Å². The van der Waals surface area contributed by atoms with Crippen molar-refractivity contribution < 1.29 is 9.84 Å². The monoisotopic (exact) mass is 282 g/mol. The molecule has 1 aliphatic rings. The van der Waals surface area contributed by atoms with Crippen LogP contribution in [0.5, 0.6) is 5.75 Å². The van der Waals surface area contributed by atoms with Crippen LogP contribution < -0.4 is 0 Å². The summed E-state index contributed by atoms with van der Waals surface area (Å²) >= 11 is 0. The zero-order valence-corrected chi connectivity index (χ0v) is 12.9. The number of phenolic OH excluding ortho intramolecular Hbond substituents is 1. The largest absolute Gasteiger partial charge is 0.508 e. The highest BCUT2D eigenvalue weighted by Crippen LogP contribution is 2.38. The Hall–Kier alpha value is -1.80. The number of hydrogen-bond acceptors (Lipinski definition) is 2. The van der Waals surface area contributed by atoms with Crippen molar-refractivity contribution in [2.45, 2.75) is 39.2 Å². The zero-order chi connectivity index (χ0) is 15.0. The van der Waals surface area contributed by atoms with E-state index in [1.807, 2.05) is 13.0 Å². The first-order chi connectivity index (χ1) is 10.1. The average molecular weight is 282 g/mol. The third kappa shape index (κ3) is 2.56. The van der Waals surface area contributed by atoms with E-state index in [4.69, 9.17) is 4.74 Å². The molecule has 2 nitrogen and oxygen atoms in total. The van der Waals surface area contributed by atoms with Gasteiger partial charge in [-0.15, -0.1) is 0 Å². The van der Waals surface area contributed by atoms with Gasteiger partial charge in [0.15, 0.2) is 0 Å². The lowest BCUT2D eigenvalue weighted by Gasteiger charge is -2.28. The normalized spacial score (nSPS) is 17.8. The van der Waals surface area contributed by atoms with Crippen molar-refractivity contribution >= 4 is 0 Å². The Balaban J connectivity index is 2.11. The van der Waals surface area contributed by atoms with Crippen molar-refractivity contribution in [1.29, 1.82) is 0 Å². The van der Waals surface area contributed by atoms with Crippen LogP contribution in [0.15, 0.2) is 36.4 Å². The fraction of sp³-hybridized carbons (Fsp3) is 0.368. The lowest BCUT2D eigenvalue weighted by Crippen LogP contribution is -2.18. The predicted octanol–water partition coefficient (Wildman–Crippen LogP) is 4.49. The number of benzene rings is 2. The summed E-state index contributed by atoms with van der Waals surface area (Å²) in [6.45, 7) is 6.99. The van der Waals surface area contributed by atoms with Crippen LogP contribution in [0.25, 0.3) is 0 Å². The van der Waals surface area contributed by atoms with Gasteiger partial charge in [-0.05, 0) is 59.2 Å². The van der Waals surface area contributed by atoms with Gasteiger partial charge in [-0.25, -0.2) is 0 Å². The summed E-state index contributed by atoms with van der Waals surface area (Å²) < 4.78 is 6.06. The highest BCUT2D eigenvalue weighted by atomic mass is 16.5. The Morgan fingerprint density at radius 3 is 2.67 bits per heavy atom. The fourth-order valence-electron chi connectivity index (χ4n) is 3.12. The first-order valence-corrected chi connectivity index (χ1v) is 7.60. The van der Waals surface area contributed by atoms with Gasteiger partial charge in [-0.3, -0.25) is 0 Å². The summed E-state index contributed by atoms with van der Waals surface area (Å²) in [6.07, 6.45) is 0.953. The molecule has 110 valence electrons. The first kappa shape index (κ1) is 14.2. The lowest BCUT2D eigenvalue weighted by molar-refractivity contribution is 0.0693. The second-order valence-electron chi connectivity index (χ2n) is 6.12. The van der Waals surface area contributed by atoms with E-state index in [0.717, 1.165) is 24.2 Å². The van der Waals surface area contributed by atoms with Crippen LogP contribution in [-0.2, 0) is 11.2 Å². The molecule has 2 heteroatoms. The molecule has 0 aromatic heterocycles. The molecule has 2 aromatic carbocycles. The number of fused-ring (bicyclic) bond motifs is 1. The number of rotatable bonds is 2. The Morgan fingerprint density at radius 2 is 1.90 bits per heavy atom. The molecule has 0 fully saturated rings. The molecule has 3 rings (SSSR count). The number of hydrogen-bond donors (Lipinski definition) is 1. The van der Waals surface area contributed by atoms with Crippen LogP contribution in [0.3, 0.4) is 0 Å². The van der Waals surface area contributed by atoms with Gasteiger partial charge in [-0.1, -0.05) is 38.1 Å². The summed E-state index contributed by atoms with van der Waals surface area (Å²) in [5.74, 6) is 0.679. The van der Waals surface area contributed by atoms with Gasteiger partial charge in [0.2, 0.25) is 0 Å². The summed E-state index contributed by atoms with van der Waals surface area (Å²) in [6, 6.07) is 12.5. The second kappa shape index (κ2) is 5.53. The van der Waals surface area contributed by atoms with E-state index in [2.05, 4.69) is 44.2 Å². The maximum absolute atomic E-state index is 10.1. The summed E-state index contributed by atoms with van der Waals surface area (Å²) in [4.78, 5) is 0. The highest BCUT2D eigenvalue weighted by molar-refractivity contribution is 5.47. The van der Waals surface area contributed by atoms with Crippen LogP contribution >= 0.6 is 0 Å². The van der Waals surface area contributed by atoms with Crippen LogP contribution in [0.2, 0.25) is 0 Å². The topological polar surface area (TPSA) is 29.5 Å². The summed E-state index contributed by atoms with van der Waals surface area (Å²) in [7, 11) is 0. The van der Waals surface area contributed by atoms with Crippen molar-refractivity contribution in [3.63, 3.8) is 0 Å². The van der Waals surface area contributed by atoms with Crippen LogP contribution in [0.1, 0.15) is 53.7 Å². The van der Waals surface area contributed by atoms with Crippen LogP contribution in [0, 0.1) is 6.92 Å². The van der Waals surface area contributed by atoms with E-state index >= 15 is 0 Å². The van der Waals surface area contributed by atoms with Crippen molar-refractivity contribution in [2.24, 2.45) is 0 Å². The Labute approximate surface area is 126 Å². The quantitative estimate of drug-likeness (QED) is 0.879. The number of aryl methyl sites for hydroxylation is 1. The summed E-state index contributed by atoms with van der Waals surface area (Å²) in [5, 5.41) is 10.1. The molecule has 0 spiro atoms. The molecule has 1 aliphatic heterocycles. The Bertz CT molecular complexity index is 659. The van der Waals surface area contributed by atoms with Crippen molar-refractivity contribution in [1.82, 2.24) is 0 Å². The van der Waals surface area contributed by atoms with Gasteiger partial charge in [0.05, 0.1) is 6.61 Å². The molecule has 0 aliphatic carbocycles. The van der Waals surface area contributed by atoms with Gasteiger partial charge in [0.1, 0.15) is 11.9 Å². The lowest BCUT2D eigenvalue weighted by atomic mass is 9.88. The molecule has 0 amide bonds. The summed E-state index contributed by atoms with van der Waals surface area (Å²) in [5.41, 5.74) is 5.86. The molecule has 0 unspecified atom stereocenters. The molecule has 2 aromatic rings. The zero-order valence-electron chi connectivity index (χ0n) is 12.9. The second-order valence-corrected chi connectivity index (χ2v) is 6.12. The van der Waals surface area contributed by atoms with Crippen molar-refractivity contribution in [3.8, 4) is 5.75 Å². The minimum Gasteiger partial charge on any atom is -0.508 e. The van der Waals surface area contributed by atoms with Gasteiger partial charge in [0, 0.05) is 0 Å². The molecule has 0 saturated heterocycles. The third-order valence-corrected chi connectivity index (χ3v) is 4.31. The predicted molar refractivity (Wildman–Crippen MR) is 84.9 cm³/mol. The minimum atomic E-state index is -0.0203. The molecule has 1 N–H and O–H groups in total. The van der Waals surface area contributed by atoms with Crippen LogP contribution in [-0.4, -0.2) is 11.7 Å². The third-order valence-electron chi connectivity index (χ3n) is 4.31. The van der Waals surface area contributed by atoms with E-state index in [0.29, 0.717) is 11.7 Å². The molecular weight excluding hydrogens is 260 g/mol. The maximum Gasteiger partial charge on any atom is 0.119 e.